The molecule has 1 aromatic rings. The first-order valence-electron chi connectivity index (χ1n) is 5.86. The van der Waals surface area contributed by atoms with Gasteiger partial charge in [0.15, 0.2) is 0 Å². The van der Waals surface area contributed by atoms with E-state index in [0.717, 1.165) is 31.7 Å². The summed E-state index contributed by atoms with van der Waals surface area (Å²) in [5.41, 5.74) is 2.28. The van der Waals surface area contributed by atoms with Gasteiger partial charge in [-0.1, -0.05) is 6.07 Å². The lowest BCUT2D eigenvalue weighted by molar-refractivity contribution is 0.199. The molecule has 1 aromatic carbocycles. The lowest BCUT2D eigenvalue weighted by Gasteiger charge is -2.32. The minimum absolute atomic E-state index is 0.135. The molecule has 2 nitrogen and oxygen atoms in total. The van der Waals surface area contributed by atoms with Crippen LogP contribution in [0.25, 0.3) is 0 Å². The van der Waals surface area contributed by atoms with Crippen LogP contribution < -0.4 is 5.32 Å². The van der Waals surface area contributed by atoms with Gasteiger partial charge >= 0.3 is 0 Å². The van der Waals surface area contributed by atoms with E-state index in [1.165, 1.54) is 11.6 Å². The van der Waals surface area contributed by atoms with Crippen molar-refractivity contribution in [1.29, 1.82) is 0 Å². The minimum Gasteiger partial charge on any atom is -0.312 e. The summed E-state index contributed by atoms with van der Waals surface area (Å²) in [5.74, 6) is -0.135. The van der Waals surface area contributed by atoms with Gasteiger partial charge in [0.25, 0.3) is 0 Å². The van der Waals surface area contributed by atoms with Crippen molar-refractivity contribution in [2.75, 3.05) is 19.6 Å². The molecule has 1 fully saturated rings. The first kappa shape index (κ1) is 11.6. The van der Waals surface area contributed by atoms with Crippen LogP contribution in [0.2, 0.25) is 0 Å². The predicted molar refractivity (Wildman–Crippen MR) is 63.9 cm³/mol. The lowest BCUT2D eigenvalue weighted by Crippen LogP contribution is -2.48. The number of halogens is 1. The number of piperazine rings is 1. The number of benzene rings is 1. The highest BCUT2D eigenvalue weighted by Gasteiger charge is 2.16. The van der Waals surface area contributed by atoms with Crippen LogP contribution in [0, 0.1) is 12.7 Å². The predicted octanol–water partition coefficient (Wildman–Crippen LogP) is 1.93. The maximum atomic E-state index is 13.1. The normalized spacial score (nSPS) is 22.3. The van der Waals surface area contributed by atoms with Crippen molar-refractivity contribution in [3.05, 3.63) is 35.1 Å². The summed E-state index contributed by atoms with van der Waals surface area (Å²) in [4.78, 5) is 2.38. The van der Waals surface area contributed by atoms with Gasteiger partial charge in [-0.05, 0) is 37.1 Å². The molecule has 3 heteroatoms. The summed E-state index contributed by atoms with van der Waals surface area (Å²) in [5, 5.41) is 3.41. The minimum atomic E-state index is -0.135. The molecule has 88 valence electrons. The zero-order valence-corrected chi connectivity index (χ0v) is 9.96. The molecular weight excluding hydrogens is 203 g/mol. The van der Waals surface area contributed by atoms with Crippen molar-refractivity contribution in [3.8, 4) is 0 Å². The number of rotatable bonds is 2. The topological polar surface area (TPSA) is 15.3 Å². The average molecular weight is 222 g/mol. The zero-order valence-electron chi connectivity index (χ0n) is 9.96. The maximum absolute atomic E-state index is 13.1. The summed E-state index contributed by atoms with van der Waals surface area (Å²) in [6.45, 7) is 8.19. The zero-order chi connectivity index (χ0) is 11.5. The highest BCUT2D eigenvalue weighted by atomic mass is 19.1. The molecular formula is C13H19FN2. The van der Waals surface area contributed by atoms with Crippen molar-refractivity contribution in [3.63, 3.8) is 0 Å². The van der Waals surface area contributed by atoms with E-state index in [4.69, 9.17) is 0 Å². The quantitative estimate of drug-likeness (QED) is 0.822. The second kappa shape index (κ2) is 4.93. The van der Waals surface area contributed by atoms with E-state index in [1.54, 1.807) is 6.07 Å². The van der Waals surface area contributed by atoms with E-state index in [-0.39, 0.29) is 5.82 Å². The lowest BCUT2D eigenvalue weighted by atomic mass is 10.1. The Hall–Kier alpha value is -0.930. The fourth-order valence-electron chi connectivity index (χ4n) is 2.21. The Bertz CT molecular complexity index is 365. The van der Waals surface area contributed by atoms with Crippen molar-refractivity contribution in [2.24, 2.45) is 0 Å². The molecule has 0 amide bonds. The molecule has 1 aliphatic rings. The highest BCUT2D eigenvalue weighted by molar-refractivity contribution is 5.26. The van der Waals surface area contributed by atoms with E-state index >= 15 is 0 Å². The molecule has 2 rings (SSSR count). The van der Waals surface area contributed by atoms with E-state index in [2.05, 4.69) is 17.1 Å². The van der Waals surface area contributed by atoms with E-state index < -0.39 is 0 Å². The number of hydrogen-bond donors (Lipinski definition) is 1. The van der Waals surface area contributed by atoms with Crippen LogP contribution in [-0.4, -0.2) is 30.6 Å². The first-order chi connectivity index (χ1) is 7.65. The summed E-state index contributed by atoms with van der Waals surface area (Å²) >= 11 is 0. The van der Waals surface area contributed by atoms with Crippen molar-refractivity contribution in [1.82, 2.24) is 10.2 Å². The van der Waals surface area contributed by atoms with Crippen LogP contribution in [0.15, 0.2) is 18.2 Å². The monoisotopic (exact) mass is 222 g/mol. The second-order valence-corrected chi connectivity index (χ2v) is 4.66. The SMILES string of the molecule is Cc1ccc(F)cc1CN1CCNC(C)C1. The van der Waals surface area contributed by atoms with Crippen molar-refractivity contribution < 1.29 is 4.39 Å². The average Bonchev–Trinajstić information content (AvgIpc) is 2.24. The van der Waals surface area contributed by atoms with Gasteiger partial charge in [0.1, 0.15) is 5.82 Å². The summed E-state index contributed by atoms with van der Waals surface area (Å²) in [6, 6.07) is 5.57. The second-order valence-electron chi connectivity index (χ2n) is 4.66. The molecule has 1 N–H and O–H groups in total. The molecule has 1 atom stereocenters. The van der Waals surface area contributed by atoms with Gasteiger partial charge in [0, 0.05) is 32.2 Å². The van der Waals surface area contributed by atoms with Crippen LogP contribution in [0.5, 0.6) is 0 Å². The Morgan fingerprint density at radius 3 is 3.06 bits per heavy atom. The smallest absolute Gasteiger partial charge is 0.123 e. The fourth-order valence-corrected chi connectivity index (χ4v) is 2.21. The van der Waals surface area contributed by atoms with Gasteiger partial charge in [0.2, 0.25) is 0 Å². The Labute approximate surface area is 96.5 Å². The third-order valence-electron chi connectivity index (χ3n) is 3.16. The van der Waals surface area contributed by atoms with Crippen LogP contribution in [0.3, 0.4) is 0 Å². The Balaban J connectivity index is 2.05. The molecule has 16 heavy (non-hydrogen) atoms. The van der Waals surface area contributed by atoms with Gasteiger partial charge in [-0.2, -0.15) is 0 Å². The fraction of sp³-hybridized carbons (Fsp3) is 0.538. The van der Waals surface area contributed by atoms with Crippen LogP contribution in [0.4, 0.5) is 4.39 Å². The van der Waals surface area contributed by atoms with Crippen LogP contribution in [-0.2, 0) is 6.54 Å². The largest absolute Gasteiger partial charge is 0.312 e. The molecule has 0 spiro atoms. The summed E-state index contributed by atoms with van der Waals surface area (Å²) < 4.78 is 13.1. The van der Waals surface area contributed by atoms with Crippen molar-refractivity contribution in [2.45, 2.75) is 26.4 Å². The van der Waals surface area contributed by atoms with Gasteiger partial charge in [-0.25, -0.2) is 4.39 Å². The third kappa shape index (κ3) is 2.80. The molecule has 1 aliphatic heterocycles. The molecule has 1 heterocycles. The van der Waals surface area contributed by atoms with Gasteiger partial charge in [0.05, 0.1) is 0 Å². The van der Waals surface area contributed by atoms with Crippen molar-refractivity contribution >= 4 is 0 Å². The number of aryl methyl sites for hydroxylation is 1. The van der Waals surface area contributed by atoms with Crippen LogP contribution >= 0.6 is 0 Å². The van der Waals surface area contributed by atoms with E-state index in [9.17, 15) is 4.39 Å². The van der Waals surface area contributed by atoms with E-state index in [0.29, 0.717) is 6.04 Å². The van der Waals surface area contributed by atoms with E-state index in [1.807, 2.05) is 13.0 Å². The molecule has 0 saturated carbocycles. The first-order valence-corrected chi connectivity index (χ1v) is 5.86. The standard InChI is InChI=1S/C13H19FN2/c1-10-3-4-13(14)7-12(10)9-16-6-5-15-11(2)8-16/h3-4,7,11,15H,5-6,8-9H2,1-2H3. The number of hydrogen-bond acceptors (Lipinski definition) is 2. The summed E-state index contributed by atoms with van der Waals surface area (Å²) in [7, 11) is 0. The Morgan fingerprint density at radius 2 is 2.31 bits per heavy atom. The van der Waals surface area contributed by atoms with Gasteiger partial charge < -0.3 is 5.32 Å². The summed E-state index contributed by atoms with van der Waals surface area (Å²) in [6.07, 6.45) is 0. The molecule has 0 aliphatic carbocycles. The Morgan fingerprint density at radius 1 is 1.50 bits per heavy atom. The third-order valence-corrected chi connectivity index (χ3v) is 3.16. The maximum Gasteiger partial charge on any atom is 0.123 e. The van der Waals surface area contributed by atoms with Gasteiger partial charge in [-0.3, -0.25) is 4.90 Å². The molecule has 0 aromatic heterocycles. The number of nitrogens with one attached hydrogen (secondary N) is 1. The molecule has 1 unspecified atom stereocenters. The Kier molecular flexibility index (Phi) is 3.56. The molecule has 0 bridgehead atoms. The molecule has 0 radical (unpaired) electrons. The van der Waals surface area contributed by atoms with Gasteiger partial charge in [-0.15, -0.1) is 0 Å². The molecule has 1 saturated heterocycles. The number of nitrogens with zero attached hydrogens (tertiary/aromatic N) is 1. The highest BCUT2D eigenvalue weighted by Crippen LogP contribution is 2.14. The van der Waals surface area contributed by atoms with Crippen LogP contribution in [0.1, 0.15) is 18.1 Å².